The number of hydrogen-bond donors (Lipinski definition) is 2. The van der Waals surface area contributed by atoms with Crippen molar-refractivity contribution in [2.45, 2.75) is 58.0 Å². The van der Waals surface area contributed by atoms with Crippen LogP contribution in [0.1, 0.15) is 57.4 Å². The number of rotatable bonds is 4. The maximum atomic E-state index is 13.6. The molecule has 2 N–H and O–H groups in total. The molecule has 1 aromatic rings. The third-order valence-electron chi connectivity index (χ3n) is 6.77. The van der Waals surface area contributed by atoms with Crippen LogP contribution >= 0.6 is 0 Å². The van der Waals surface area contributed by atoms with E-state index in [1.165, 1.54) is 19.2 Å². The lowest BCUT2D eigenvalue weighted by molar-refractivity contribution is -0.151. The standard InChI is InChI=1S/C25H29NO6/c1-13-12-18-22(23(28)19(13)24(29)31-3)21(15-8-10-16(27)11-9-15)20(14(2)26-18)25(30)32-17-6-4-5-7-17/h8-11,13,17,19,21,26-27H,4-7,12H2,1-3H3/t13-,19+,21-/m0/s1. The second-order valence-corrected chi connectivity index (χ2v) is 8.94. The summed E-state index contributed by atoms with van der Waals surface area (Å²) in [5.74, 6) is -3.12. The molecule has 4 rings (SSSR count). The van der Waals surface area contributed by atoms with Crippen LogP contribution < -0.4 is 5.32 Å². The third kappa shape index (κ3) is 3.92. The number of nitrogens with one attached hydrogen (secondary N) is 1. The van der Waals surface area contributed by atoms with Crippen LogP contribution in [-0.4, -0.2) is 36.0 Å². The topological polar surface area (TPSA) is 102 Å². The fourth-order valence-electron chi connectivity index (χ4n) is 5.17. The molecule has 0 amide bonds. The fourth-order valence-corrected chi connectivity index (χ4v) is 5.17. The molecule has 170 valence electrons. The van der Waals surface area contributed by atoms with Crippen molar-refractivity contribution in [2.24, 2.45) is 11.8 Å². The maximum Gasteiger partial charge on any atom is 0.337 e. The number of aromatic hydroxyl groups is 1. The first-order valence-electron chi connectivity index (χ1n) is 11.1. The van der Waals surface area contributed by atoms with Crippen molar-refractivity contribution in [3.05, 3.63) is 52.4 Å². The Labute approximate surface area is 187 Å². The maximum absolute atomic E-state index is 13.6. The molecule has 2 aliphatic carbocycles. The molecule has 7 nitrogen and oxygen atoms in total. The molecular formula is C25H29NO6. The Balaban J connectivity index is 1.79. The van der Waals surface area contributed by atoms with E-state index in [1.807, 2.05) is 13.8 Å². The molecule has 7 heteroatoms. The van der Waals surface area contributed by atoms with Gasteiger partial charge in [-0.15, -0.1) is 0 Å². The normalized spacial score (nSPS) is 26.0. The van der Waals surface area contributed by atoms with Gasteiger partial charge in [-0.2, -0.15) is 0 Å². The molecule has 0 saturated heterocycles. The molecular weight excluding hydrogens is 410 g/mol. The molecule has 1 saturated carbocycles. The van der Waals surface area contributed by atoms with Crippen molar-refractivity contribution >= 4 is 17.7 Å². The van der Waals surface area contributed by atoms with Crippen LogP contribution in [-0.2, 0) is 23.9 Å². The number of carbonyl (C=O) groups excluding carboxylic acids is 3. The molecule has 0 bridgehead atoms. The van der Waals surface area contributed by atoms with Crippen LogP contribution in [0.2, 0.25) is 0 Å². The zero-order valence-electron chi connectivity index (χ0n) is 18.6. The fraction of sp³-hybridized carbons (Fsp3) is 0.480. The smallest absolute Gasteiger partial charge is 0.337 e. The molecule has 3 aliphatic rings. The van der Waals surface area contributed by atoms with Gasteiger partial charge >= 0.3 is 11.9 Å². The van der Waals surface area contributed by atoms with Crippen LogP contribution in [0.15, 0.2) is 46.8 Å². The summed E-state index contributed by atoms with van der Waals surface area (Å²) in [5.41, 5.74) is 2.80. The number of carbonyl (C=O) groups is 3. The van der Waals surface area contributed by atoms with Crippen molar-refractivity contribution in [3.63, 3.8) is 0 Å². The van der Waals surface area contributed by atoms with Gasteiger partial charge in [-0.3, -0.25) is 9.59 Å². The first-order valence-corrected chi connectivity index (χ1v) is 11.1. The van der Waals surface area contributed by atoms with Crippen molar-refractivity contribution in [3.8, 4) is 5.75 Å². The Kier molecular flexibility index (Phi) is 6.09. The van der Waals surface area contributed by atoms with Crippen LogP contribution in [0.3, 0.4) is 0 Å². The average molecular weight is 440 g/mol. The highest BCUT2D eigenvalue weighted by Crippen LogP contribution is 2.46. The number of allylic oxidation sites excluding steroid dienone is 3. The first-order chi connectivity index (χ1) is 15.3. The number of phenols is 1. The first kappa shape index (κ1) is 22.1. The Bertz CT molecular complexity index is 1000. The summed E-state index contributed by atoms with van der Waals surface area (Å²) in [7, 11) is 1.28. The van der Waals surface area contributed by atoms with E-state index in [2.05, 4.69) is 5.32 Å². The Hall–Kier alpha value is -3.09. The quantitative estimate of drug-likeness (QED) is 0.547. The molecule has 3 atom stereocenters. The van der Waals surface area contributed by atoms with Gasteiger partial charge in [0, 0.05) is 22.9 Å². The second kappa shape index (κ2) is 8.81. The van der Waals surface area contributed by atoms with Gasteiger partial charge in [0.1, 0.15) is 17.8 Å². The Morgan fingerprint density at radius 3 is 2.41 bits per heavy atom. The number of benzene rings is 1. The molecule has 1 aliphatic heterocycles. The van der Waals surface area contributed by atoms with Crippen LogP contribution in [0.5, 0.6) is 5.75 Å². The Morgan fingerprint density at radius 1 is 1.12 bits per heavy atom. The third-order valence-corrected chi connectivity index (χ3v) is 6.77. The van der Waals surface area contributed by atoms with E-state index >= 15 is 0 Å². The summed E-state index contributed by atoms with van der Waals surface area (Å²) in [6.45, 7) is 3.66. The summed E-state index contributed by atoms with van der Waals surface area (Å²) >= 11 is 0. The molecule has 1 heterocycles. The van der Waals surface area contributed by atoms with Gasteiger partial charge in [0.15, 0.2) is 5.78 Å². The van der Waals surface area contributed by atoms with E-state index in [1.54, 1.807) is 12.1 Å². The SMILES string of the molecule is COC(=O)[C@H]1C(=O)C2=C(C[C@@H]1C)NC(C)=C(C(=O)OC1CCCC1)[C@@H]2c1ccc(O)cc1. The number of ketones is 1. The molecule has 0 unspecified atom stereocenters. The predicted octanol–water partition coefficient (Wildman–Crippen LogP) is 3.49. The van der Waals surface area contributed by atoms with E-state index in [0.29, 0.717) is 28.8 Å². The average Bonchev–Trinajstić information content (AvgIpc) is 3.26. The molecule has 0 aromatic heterocycles. The van der Waals surface area contributed by atoms with E-state index in [-0.39, 0.29) is 23.6 Å². The molecule has 0 spiro atoms. The molecule has 1 fully saturated rings. The zero-order chi connectivity index (χ0) is 23.0. The summed E-state index contributed by atoms with van der Waals surface area (Å²) in [5, 5.41) is 13.0. The van der Waals surface area contributed by atoms with Gasteiger partial charge in [-0.05, 0) is 62.6 Å². The highest BCUT2D eigenvalue weighted by Gasteiger charge is 2.47. The highest BCUT2D eigenvalue weighted by molar-refractivity contribution is 6.12. The van der Waals surface area contributed by atoms with Crippen LogP contribution in [0.25, 0.3) is 0 Å². The minimum atomic E-state index is -0.925. The van der Waals surface area contributed by atoms with Gasteiger partial charge < -0.3 is 19.9 Å². The number of Topliss-reactive ketones (excluding diaryl/α,β-unsaturated/α-hetero) is 1. The number of hydrogen-bond acceptors (Lipinski definition) is 7. The summed E-state index contributed by atoms with van der Waals surface area (Å²) in [4.78, 5) is 39.4. The lowest BCUT2D eigenvalue weighted by atomic mass is 9.69. The van der Waals surface area contributed by atoms with Gasteiger partial charge in [-0.1, -0.05) is 19.1 Å². The van der Waals surface area contributed by atoms with E-state index in [0.717, 1.165) is 31.4 Å². The number of phenolic OH excluding ortho intramolecular Hbond substituents is 1. The number of esters is 2. The van der Waals surface area contributed by atoms with E-state index in [4.69, 9.17) is 9.47 Å². The zero-order valence-corrected chi connectivity index (χ0v) is 18.6. The minimum absolute atomic E-state index is 0.0868. The van der Waals surface area contributed by atoms with Crippen LogP contribution in [0, 0.1) is 11.8 Å². The second-order valence-electron chi connectivity index (χ2n) is 8.94. The van der Waals surface area contributed by atoms with Gasteiger partial charge in [0.25, 0.3) is 0 Å². The van der Waals surface area contributed by atoms with Crippen molar-refractivity contribution in [2.75, 3.05) is 7.11 Å². The van der Waals surface area contributed by atoms with E-state index in [9.17, 15) is 19.5 Å². The lowest BCUT2D eigenvalue weighted by Gasteiger charge is -2.38. The number of ether oxygens (including phenoxy) is 2. The number of dihydropyridines is 1. The van der Waals surface area contributed by atoms with Gasteiger partial charge in [-0.25, -0.2) is 4.79 Å². The van der Waals surface area contributed by atoms with Crippen molar-refractivity contribution in [1.82, 2.24) is 5.32 Å². The lowest BCUT2D eigenvalue weighted by Crippen LogP contribution is -2.43. The highest BCUT2D eigenvalue weighted by atomic mass is 16.5. The largest absolute Gasteiger partial charge is 0.508 e. The predicted molar refractivity (Wildman–Crippen MR) is 116 cm³/mol. The van der Waals surface area contributed by atoms with Gasteiger partial charge in [0.2, 0.25) is 0 Å². The molecule has 32 heavy (non-hydrogen) atoms. The Morgan fingerprint density at radius 2 is 1.78 bits per heavy atom. The summed E-state index contributed by atoms with van der Waals surface area (Å²) in [6, 6.07) is 6.45. The van der Waals surface area contributed by atoms with Gasteiger partial charge in [0.05, 0.1) is 12.7 Å². The van der Waals surface area contributed by atoms with Crippen LogP contribution in [0.4, 0.5) is 0 Å². The summed E-state index contributed by atoms with van der Waals surface area (Å²) < 4.78 is 10.7. The molecule has 1 aromatic carbocycles. The van der Waals surface area contributed by atoms with Crippen molar-refractivity contribution < 1.29 is 29.0 Å². The molecule has 0 radical (unpaired) electrons. The monoisotopic (exact) mass is 439 g/mol. The summed E-state index contributed by atoms with van der Waals surface area (Å²) in [6.07, 6.45) is 4.10. The van der Waals surface area contributed by atoms with Crippen molar-refractivity contribution in [1.29, 1.82) is 0 Å². The van der Waals surface area contributed by atoms with E-state index < -0.39 is 23.8 Å². The minimum Gasteiger partial charge on any atom is -0.508 e. The number of methoxy groups -OCH3 is 1.